The normalized spacial score (nSPS) is 12.5. The molecule has 0 aliphatic heterocycles. The quantitative estimate of drug-likeness (QED) is 0.551. The van der Waals surface area contributed by atoms with Gasteiger partial charge in [0.1, 0.15) is 5.15 Å². The lowest BCUT2D eigenvalue weighted by atomic mass is 9.98. The lowest BCUT2D eigenvalue weighted by molar-refractivity contribution is 0.0927. The summed E-state index contributed by atoms with van der Waals surface area (Å²) >= 11 is 5.67. The van der Waals surface area contributed by atoms with Gasteiger partial charge in [-0.05, 0) is 18.6 Å². The number of aromatic nitrogens is 1. The third kappa shape index (κ3) is 2.52. The van der Waals surface area contributed by atoms with E-state index < -0.39 is 0 Å². The fourth-order valence-electron chi connectivity index (χ4n) is 1.03. The van der Waals surface area contributed by atoms with E-state index in [0.717, 1.165) is 6.42 Å². The summed E-state index contributed by atoms with van der Waals surface area (Å²) in [6.45, 7) is 3.90. The Morgan fingerprint density at radius 3 is 2.92 bits per heavy atom. The second kappa shape index (κ2) is 4.38. The summed E-state index contributed by atoms with van der Waals surface area (Å²) in [7, 11) is 0. The van der Waals surface area contributed by atoms with Crippen molar-refractivity contribution < 1.29 is 4.79 Å². The van der Waals surface area contributed by atoms with Crippen molar-refractivity contribution in [2.24, 2.45) is 5.92 Å². The minimum absolute atomic E-state index is 0.0541. The summed E-state index contributed by atoms with van der Waals surface area (Å²) < 4.78 is 0. The Morgan fingerprint density at radius 1 is 1.69 bits per heavy atom. The van der Waals surface area contributed by atoms with E-state index in [9.17, 15) is 4.79 Å². The number of ketones is 1. The maximum absolute atomic E-state index is 11.6. The van der Waals surface area contributed by atoms with E-state index in [0.29, 0.717) is 10.7 Å². The molecule has 0 radical (unpaired) electrons. The molecule has 0 fully saturated rings. The smallest absolute Gasteiger partial charge is 0.165 e. The first-order chi connectivity index (χ1) is 6.15. The zero-order valence-electron chi connectivity index (χ0n) is 7.75. The maximum atomic E-state index is 11.6. The van der Waals surface area contributed by atoms with Crippen LogP contribution in [0, 0.1) is 5.92 Å². The van der Waals surface area contributed by atoms with Crippen LogP contribution in [0.2, 0.25) is 5.15 Å². The molecule has 1 aromatic heterocycles. The third-order valence-corrected chi connectivity index (χ3v) is 2.28. The molecule has 1 unspecified atom stereocenters. The van der Waals surface area contributed by atoms with Gasteiger partial charge in [0.2, 0.25) is 0 Å². The van der Waals surface area contributed by atoms with Gasteiger partial charge in [0, 0.05) is 17.7 Å². The molecule has 13 heavy (non-hydrogen) atoms. The summed E-state index contributed by atoms with van der Waals surface area (Å²) in [5, 5.41) is 0.370. The van der Waals surface area contributed by atoms with Gasteiger partial charge in [-0.1, -0.05) is 25.4 Å². The molecule has 1 aromatic rings. The fourth-order valence-corrected chi connectivity index (χ4v) is 1.20. The molecule has 0 spiro atoms. The SMILES string of the molecule is CCC(C)C(=O)c1ccnc(Cl)c1. The zero-order chi connectivity index (χ0) is 9.84. The Hall–Kier alpha value is -0.890. The molecule has 0 aliphatic carbocycles. The number of hydrogen-bond acceptors (Lipinski definition) is 2. The van der Waals surface area contributed by atoms with Crippen LogP contribution in [0.1, 0.15) is 30.6 Å². The summed E-state index contributed by atoms with van der Waals surface area (Å²) in [5.41, 5.74) is 0.648. The Morgan fingerprint density at radius 2 is 2.38 bits per heavy atom. The van der Waals surface area contributed by atoms with Gasteiger partial charge < -0.3 is 0 Å². The molecule has 2 nitrogen and oxygen atoms in total. The van der Waals surface area contributed by atoms with Crippen molar-refractivity contribution in [1.29, 1.82) is 0 Å². The molecule has 0 amide bonds. The van der Waals surface area contributed by atoms with Crippen LogP contribution in [0.4, 0.5) is 0 Å². The Balaban J connectivity index is 2.89. The first-order valence-corrected chi connectivity index (χ1v) is 4.68. The molecule has 1 rings (SSSR count). The monoisotopic (exact) mass is 197 g/mol. The third-order valence-electron chi connectivity index (χ3n) is 2.07. The maximum Gasteiger partial charge on any atom is 0.165 e. The van der Waals surface area contributed by atoms with Crippen LogP contribution >= 0.6 is 11.6 Å². The highest BCUT2D eigenvalue weighted by Gasteiger charge is 2.13. The van der Waals surface area contributed by atoms with Crippen LogP contribution in [0.3, 0.4) is 0 Å². The van der Waals surface area contributed by atoms with Crippen LogP contribution in [0.5, 0.6) is 0 Å². The van der Waals surface area contributed by atoms with Gasteiger partial charge in [0.05, 0.1) is 0 Å². The predicted octanol–water partition coefficient (Wildman–Crippen LogP) is 2.96. The standard InChI is InChI=1S/C10H12ClNO/c1-3-7(2)10(13)8-4-5-12-9(11)6-8/h4-7H,3H2,1-2H3. The summed E-state index contributed by atoms with van der Waals surface area (Å²) in [6, 6.07) is 3.30. The number of pyridine rings is 1. The van der Waals surface area contributed by atoms with E-state index in [1.165, 1.54) is 0 Å². The zero-order valence-corrected chi connectivity index (χ0v) is 8.51. The van der Waals surface area contributed by atoms with Crippen molar-refractivity contribution in [2.75, 3.05) is 0 Å². The number of Topliss-reactive ketones (excluding diaryl/α,β-unsaturated/α-hetero) is 1. The van der Waals surface area contributed by atoms with Gasteiger partial charge in [-0.15, -0.1) is 0 Å². The predicted molar refractivity (Wildman–Crippen MR) is 53.0 cm³/mol. The van der Waals surface area contributed by atoms with E-state index in [2.05, 4.69) is 4.98 Å². The van der Waals surface area contributed by atoms with Crippen LogP contribution in [-0.2, 0) is 0 Å². The second-order valence-electron chi connectivity index (χ2n) is 3.04. The van der Waals surface area contributed by atoms with Crippen LogP contribution in [-0.4, -0.2) is 10.8 Å². The van der Waals surface area contributed by atoms with Crippen molar-refractivity contribution in [3.8, 4) is 0 Å². The Kier molecular flexibility index (Phi) is 3.43. The van der Waals surface area contributed by atoms with Crippen LogP contribution < -0.4 is 0 Å². The molecule has 0 saturated carbocycles. The summed E-state index contributed by atoms with van der Waals surface area (Å²) in [4.78, 5) is 15.5. The molecule has 3 heteroatoms. The van der Waals surface area contributed by atoms with Crippen molar-refractivity contribution >= 4 is 17.4 Å². The molecule has 0 saturated heterocycles. The molecule has 70 valence electrons. The number of carbonyl (C=O) groups excluding carboxylic acids is 1. The molecule has 0 aromatic carbocycles. The minimum atomic E-state index is 0.0541. The van der Waals surface area contributed by atoms with E-state index in [1.807, 2.05) is 13.8 Å². The number of carbonyl (C=O) groups is 1. The van der Waals surface area contributed by atoms with Gasteiger partial charge in [0.15, 0.2) is 5.78 Å². The van der Waals surface area contributed by atoms with Crippen LogP contribution in [0.15, 0.2) is 18.3 Å². The topological polar surface area (TPSA) is 30.0 Å². The first kappa shape index (κ1) is 10.2. The van der Waals surface area contributed by atoms with E-state index >= 15 is 0 Å². The van der Waals surface area contributed by atoms with Crippen molar-refractivity contribution in [3.05, 3.63) is 29.0 Å². The van der Waals surface area contributed by atoms with Gasteiger partial charge in [-0.2, -0.15) is 0 Å². The van der Waals surface area contributed by atoms with Crippen LogP contribution in [0.25, 0.3) is 0 Å². The molecular formula is C10H12ClNO. The van der Waals surface area contributed by atoms with Gasteiger partial charge >= 0.3 is 0 Å². The van der Waals surface area contributed by atoms with Gasteiger partial charge in [-0.25, -0.2) is 4.98 Å². The molecule has 1 heterocycles. The highest BCUT2D eigenvalue weighted by molar-refractivity contribution is 6.29. The van der Waals surface area contributed by atoms with E-state index in [4.69, 9.17) is 11.6 Å². The Bertz CT molecular complexity index is 312. The average Bonchev–Trinajstić information content (AvgIpc) is 2.15. The van der Waals surface area contributed by atoms with Gasteiger partial charge in [-0.3, -0.25) is 4.79 Å². The fraction of sp³-hybridized carbons (Fsp3) is 0.400. The van der Waals surface area contributed by atoms with Crippen molar-refractivity contribution in [3.63, 3.8) is 0 Å². The van der Waals surface area contributed by atoms with Crippen molar-refractivity contribution in [1.82, 2.24) is 4.98 Å². The highest BCUT2D eigenvalue weighted by Crippen LogP contribution is 2.13. The summed E-state index contributed by atoms with van der Waals surface area (Å²) in [6.07, 6.45) is 2.40. The average molecular weight is 198 g/mol. The number of halogens is 1. The number of nitrogens with zero attached hydrogens (tertiary/aromatic N) is 1. The molecule has 0 N–H and O–H groups in total. The number of hydrogen-bond donors (Lipinski definition) is 0. The largest absolute Gasteiger partial charge is 0.294 e. The highest BCUT2D eigenvalue weighted by atomic mass is 35.5. The minimum Gasteiger partial charge on any atom is -0.294 e. The number of rotatable bonds is 3. The summed E-state index contributed by atoms with van der Waals surface area (Å²) in [5.74, 6) is 0.185. The Labute approximate surface area is 82.9 Å². The van der Waals surface area contributed by atoms with Crippen molar-refractivity contribution in [2.45, 2.75) is 20.3 Å². The lowest BCUT2D eigenvalue weighted by Crippen LogP contribution is -2.10. The molecular weight excluding hydrogens is 186 g/mol. The van der Waals surface area contributed by atoms with E-state index in [1.54, 1.807) is 18.3 Å². The molecule has 1 atom stereocenters. The molecule has 0 aliphatic rings. The first-order valence-electron chi connectivity index (χ1n) is 4.31. The second-order valence-corrected chi connectivity index (χ2v) is 3.43. The van der Waals surface area contributed by atoms with Gasteiger partial charge in [0.25, 0.3) is 0 Å². The van der Waals surface area contributed by atoms with E-state index in [-0.39, 0.29) is 11.7 Å². The molecule has 0 bridgehead atoms. The lowest BCUT2D eigenvalue weighted by Gasteiger charge is -2.06.